The van der Waals surface area contributed by atoms with E-state index in [0.717, 1.165) is 11.3 Å². The number of hydrogen-bond donors (Lipinski definition) is 1. The van der Waals surface area contributed by atoms with Gasteiger partial charge in [0.25, 0.3) is 0 Å². The molecule has 1 N–H and O–H groups in total. The molecule has 0 aliphatic heterocycles. The maximum Gasteiger partial charge on any atom is 0.150 e. The fourth-order valence-corrected chi connectivity index (χ4v) is 2.43. The SMILES string of the molecule is CC(=NNc1cc(-c2ccccc2F)nc(C)n1)c1ccc(C)cc1. The third-order valence-corrected chi connectivity index (χ3v) is 3.80. The lowest BCUT2D eigenvalue weighted by molar-refractivity contribution is 0.630. The average Bonchev–Trinajstić information content (AvgIpc) is 2.60. The van der Waals surface area contributed by atoms with Crippen molar-refractivity contribution in [2.45, 2.75) is 20.8 Å². The molecule has 0 saturated carbocycles. The number of halogens is 1. The van der Waals surface area contributed by atoms with Crippen LogP contribution in [0, 0.1) is 19.7 Å². The monoisotopic (exact) mass is 334 g/mol. The summed E-state index contributed by atoms with van der Waals surface area (Å²) < 4.78 is 14.0. The van der Waals surface area contributed by atoms with Gasteiger partial charge in [-0.3, -0.25) is 5.43 Å². The van der Waals surface area contributed by atoms with Gasteiger partial charge in [-0.25, -0.2) is 14.4 Å². The number of hydrazone groups is 1. The van der Waals surface area contributed by atoms with E-state index in [1.54, 1.807) is 31.2 Å². The molecular weight excluding hydrogens is 315 g/mol. The second-order valence-electron chi connectivity index (χ2n) is 5.84. The number of nitrogens with zero attached hydrogens (tertiary/aromatic N) is 3. The Balaban J connectivity index is 1.87. The van der Waals surface area contributed by atoms with Gasteiger partial charge in [0, 0.05) is 11.6 Å². The molecule has 2 aromatic carbocycles. The molecule has 1 heterocycles. The first kappa shape index (κ1) is 16.8. The minimum atomic E-state index is -0.314. The van der Waals surface area contributed by atoms with Gasteiger partial charge in [-0.15, -0.1) is 0 Å². The number of aromatic nitrogens is 2. The predicted molar refractivity (Wildman–Crippen MR) is 99.2 cm³/mol. The lowest BCUT2D eigenvalue weighted by Crippen LogP contribution is -2.03. The Morgan fingerprint density at radius 3 is 2.44 bits per heavy atom. The van der Waals surface area contributed by atoms with Gasteiger partial charge in [0.2, 0.25) is 0 Å². The summed E-state index contributed by atoms with van der Waals surface area (Å²) in [5.41, 5.74) is 6.97. The number of benzene rings is 2. The van der Waals surface area contributed by atoms with Crippen molar-refractivity contribution in [3.05, 3.63) is 77.4 Å². The molecule has 1 aromatic heterocycles. The summed E-state index contributed by atoms with van der Waals surface area (Å²) in [5, 5.41) is 4.38. The van der Waals surface area contributed by atoms with Crippen molar-refractivity contribution in [2.24, 2.45) is 5.10 Å². The highest BCUT2D eigenvalue weighted by Crippen LogP contribution is 2.22. The average molecular weight is 334 g/mol. The van der Waals surface area contributed by atoms with Crippen LogP contribution in [-0.4, -0.2) is 15.7 Å². The molecule has 0 unspecified atom stereocenters. The highest BCUT2D eigenvalue weighted by atomic mass is 19.1. The van der Waals surface area contributed by atoms with Gasteiger partial charge in [-0.1, -0.05) is 42.0 Å². The smallest absolute Gasteiger partial charge is 0.150 e. The molecule has 0 aliphatic rings. The van der Waals surface area contributed by atoms with Gasteiger partial charge in [0.1, 0.15) is 11.6 Å². The zero-order valence-corrected chi connectivity index (χ0v) is 14.4. The molecule has 3 rings (SSSR count). The summed E-state index contributed by atoms with van der Waals surface area (Å²) in [4.78, 5) is 8.64. The Kier molecular flexibility index (Phi) is 4.84. The first-order valence-electron chi connectivity index (χ1n) is 8.01. The molecule has 0 fully saturated rings. The molecule has 0 radical (unpaired) electrons. The number of rotatable bonds is 4. The van der Waals surface area contributed by atoms with E-state index in [0.29, 0.717) is 22.9 Å². The number of hydrogen-bond acceptors (Lipinski definition) is 4. The highest BCUT2D eigenvalue weighted by Gasteiger charge is 2.08. The third kappa shape index (κ3) is 4.07. The van der Waals surface area contributed by atoms with Gasteiger partial charge < -0.3 is 0 Å². The highest BCUT2D eigenvalue weighted by molar-refractivity contribution is 5.99. The Morgan fingerprint density at radius 2 is 1.72 bits per heavy atom. The quantitative estimate of drug-likeness (QED) is 0.554. The van der Waals surface area contributed by atoms with Crippen LogP contribution in [0.2, 0.25) is 0 Å². The van der Waals surface area contributed by atoms with Crippen LogP contribution in [0.3, 0.4) is 0 Å². The van der Waals surface area contributed by atoms with Crippen LogP contribution >= 0.6 is 0 Å². The number of anilines is 1. The van der Waals surface area contributed by atoms with Crippen molar-refractivity contribution in [3.8, 4) is 11.3 Å². The lowest BCUT2D eigenvalue weighted by atomic mass is 10.1. The maximum atomic E-state index is 14.0. The summed E-state index contributed by atoms with van der Waals surface area (Å²) in [5.74, 6) is 0.759. The van der Waals surface area contributed by atoms with Crippen LogP contribution in [0.4, 0.5) is 10.2 Å². The molecule has 0 atom stereocenters. The van der Waals surface area contributed by atoms with E-state index in [1.807, 2.05) is 38.1 Å². The summed E-state index contributed by atoms with van der Waals surface area (Å²) in [7, 11) is 0. The van der Waals surface area contributed by atoms with E-state index in [2.05, 4.69) is 20.5 Å². The van der Waals surface area contributed by atoms with E-state index in [-0.39, 0.29) is 5.82 Å². The minimum absolute atomic E-state index is 0.314. The molecule has 5 heteroatoms. The largest absolute Gasteiger partial charge is 0.261 e. The molecule has 4 nitrogen and oxygen atoms in total. The first-order chi connectivity index (χ1) is 12.0. The Labute approximate surface area is 146 Å². The molecule has 3 aromatic rings. The lowest BCUT2D eigenvalue weighted by Gasteiger charge is -2.08. The van der Waals surface area contributed by atoms with Crippen LogP contribution in [-0.2, 0) is 0 Å². The van der Waals surface area contributed by atoms with Crippen molar-refractivity contribution in [2.75, 3.05) is 5.43 Å². The Morgan fingerprint density at radius 1 is 1.00 bits per heavy atom. The molecule has 126 valence electrons. The molecule has 0 saturated heterocycles. The van der Waals surface area contributed by atoms with Crippen molar-refractivity contribution in [1.29, 1.82) is 0 Å². The summed E-state index contributed by atoms with van der Waals surface area (Å²) in [6, 6.07) is 16.4. The zero-order chi connectivity index (χ0) is 17.8. The third-order valence-electron chi connectivity index (χ3n) is 3.80. The summed E-state index contributed by atoms with van der Waals surface area (Å²) >= 11 is 0. The first-order valence-corrected chi connectivity index (χ1v) is 8.01. The molecule has 0 spiro atoms. The maximum absolute atomic E-state index is 14.0. The molecule has 0 aliphatic carbocycles. The van der Waals surface area contributed by atoms with Gasteiger partial charge >= 0.3 is 0 Å². The van der Waals surface area contributed by atoms with E-state index in [9.17, 15) is 4.39 Å². The van der Waals surface area contributed by atoms with E-state index in [4.69, 9.17) is 0 Å². The van der Waals surface area contributed by atoms with Crippen molar-refractivity contribution >= 4 is 11.5 Å². The molecule has 0 amide bonds. The van der Waals surface area contributed by atoms with Crippen LogP contribution in [0.25, 0.3) is 11.3 Å². The molecular formula is C20H19FN4. The van der Waals surface area contributed by atoms with E-state index in [1.165, 1.54) is 11.6 Å². The second kappa shape index (κ2) is 7.21. The fraction of sp³-hybridized carbons (Fsp3) is 0.150. The predicted octanol–water partition coefficient (Wildman–Crippen LogP) is 4.74. The number of aryl methyl sites for hydroxylation is 2. The van der Waals surface area contributed by atoms with Crippen molar-refractivity contribution < 1.29 is 4.39 Å². The fourth-order valence-electron chi connectivity index (χ4n) is 2.43. The van der Waals surface area contributed by atoms with Gasteiger partial charge in [-0.2, -0.15) is 5.10 Å². The van der Waals surface area contributed by atoms with Gasteiger partial charge in [-0.05, 0) is 38.5 Å². The van der Waals surface area contributed by atoms with Crippen LogP contribution in [0.1, 0.15) is 23.9 Å². The normalized spacial score (nSPS) is 11.4. The van der Waals surface area contributed by atoms with E-state index >= 15 is 0 Å². The second-order valence-corrected chi connectivity index (χ2v) is 5.84. The number of nitrogens with one attached hydrogen (secondary N) is 1. The molecule has 25 heavy (non-hydrogen) atoms. The van der Waals surface area contributed by atoms with Crippen LogP contribution in [0.5, 0.6) is 0 Å². The van der Waals surface area contributed by atoms with Crippen LogP contribution < -0.4 is 5.43 Å². The van der Waals surface area contributed by atoms with Gasteiger partial charge in [0.15, 0.2) is 5.82 Å². The Bertz CT molecular complexity index is 917. The summed E-state index contributed by atoms with van der Waals surface area (Å²) in [6.45, 7) is 5.73. The van der Waals surface area contributed by atoms with Crippen molar-refractivity contribution in [3.63, 3.8) is 0 Å². The van der Waals surface area contributed by atoms with Crippen LogP contribution in [0.15, 0.2) is 59.7 Å². The zero-order valence-electron chi connectivity index (χ0n) is 14.4. The van der Waals surface area contributed by atoms with E-state index < -0.39 is 0 Å². The minimum Gasteiger partial charge on any atom is -0.261 e. The standard InChI is InChI=1S/C20H19FN4/c1-13-8-10-16(11-9-13)14(2)24-25-20-12-19(22-15(3)23-20)17-6-4-5-7-18(17)21/h4-12H,1-3H3,(H,22,23,25). The van der Waals surface area contributed by atoms with Gasteiger partial charge in [0.05, 0.1) is 11.4 Å². The van der Waals surface area contributed by atoms with Crippen molar-refractivity contribution in [1.82, 2.24) is 9.97 Å². The molecule has 0 bridgehead atoms. The summed E-state index contributed by atoms with van der Waals surface area (Å²) in [6.07, 6.45) is 0. The Hall–Kier alpha value is -3.08. The topological polar surface area (TPSA) is 50.2 Å².